The SMILES string of the molecule is C=Cc1ccccc1CCl.CCCCN(C)C. The van der Waals surface area contributed by atoms with Gasteiger partial charge in [0.15, 0.2) is 0 Å². The zero-order chi connectivity index (χ0) is 13.1. The molecule has 0 aliphatic heterocycles. The molecule has 0 N–H and O–H groups in total. The first-order valence-electron chi connectivity index (χ1n) is 6.06. The van der Waals surface area contributed by atoms with E-state index in [-0.39, 0.29) is 0 Å². The lowest BCUT2D eigenvalue weighted by atomic mass is 10.1. The first-order chi connectivity index (χ1) is 8.15. The maximum atomic E-state index is 5.66. The molecule has 0 aliphatic rings. The van der Waals surface area contributed by atoms with Gasteiger partial charge in [-0.2, -0.15) is 0 Å². The van der Waals surface area contributed by atoms with Crippen LogP contribution in [0.15, 0.2) is 30.8 Å². The van der Waals surface area contributed by atoms with E-state index < -0.39 is 0 Å². The van der Waals surface area contributed by atoms with Crippen LogP contribution >= 0.6 is 11.6 Å². The van der Waals surface area contributed by atoms with Gasteiger partial charge < -0.3 is 4.90 Å². The average molecular weight is 254 g/mol. The minimum atomic E-state index is 0.558. The first kappa shape index (κ1) is 16.2. The van der Waals surface area contributed by atoms with Crippen molar-refractivity contribution >= 4 is 17.7 Å². The number of hydrogen-bond acceptors (Lipinski definition) is 1. The molecule has 1 rings (SSSR count). The summed E-state index contributed by atoms with van der Waals surface area (Å²) < 4.78 is 0. The molecule has 0 fully saturated rings. The number of unbranched alkanes of at least 4 members (excludes halogenated alkanes) is 1. The topological polar surface area (TPSA) is 3.24 Å². The molecule has 1 aromatic carbocycles. The number of hydrogen-bond donors (Lipinski definition) is 0. The van der Waals surface area contributed by atoms with E-state index in [1.165, 1.54) is 19.4 Å². The lowest BCUT2D eigenvalue weighted by Gasteiger charge is -2.05. The van der Waals surface area contributed by atoms with E-state index in [1.54, 1.807) is 0 Å². The molecule has 1 nitrogen and oxygen atoms in total. The van der Waals surface area contributed by atoms with Crippen molar-refractivity contribution in [3.63, 3.8) is 0 Å². The zero-order valence-electron chi connectivity index (χ0n) is 11.2. The van der Waals surface area contributed by atoms with Gasteiger partial charge in [0.2, 0.25) is 0 Å². The van der Waals surface area contributed by atoms with Crippen LogP contribution in [0.3, 0.4) is 0 Å². The monoisotopic (exact) mass is 253 g/mol. The van der Waals surface area contributed by atoms with Crippen molar-refractivity contribution in [2.24, 2.45) is 0 Å². The highest BCUT2D eigenvalue weighted by molar-refractivity contribution is 6.17. The second-order valence-corrected chi connectivity index (χ2v) is 4.46. The lowest BCUT2D eigenvalue weighted by molar-refractivity contribution is 0.398. The van der Waals surface area contributed by atoms with Crippen LogP contribution in [0.5, 0.6) is 0 Å². The van der Waals surface area contributed by atoms with Gasteiger partial charge in [-0.15, -0.1) is 11.6 Å². The summed E-state index contributed by atoms with van der Waals surface area (Å²) in [7, 11) is 4.21. The van der Waals surface area contributed by atoms with E-state index >= 15 is 0 Å². The summed E-state index contributed by atoms with van der Waals surface area (Å²) in [6.45, 7) is 7.13. The average Bonchev–Trinajstić information content (AvgIpc) is 2.36. The molecular formula is C15H24ClN. The second-order valence-electron chi connectivity index (χ2n) is 4.19. The number of benzene rings is 1. The minimum Gasteiger partial charge on any atom is -0.309 e. The molecule has 0 saturated carbocycles. The normalized spacial score (nSPS) is 9.71. The van der Waals surface area contributed by atoms with Crippen LogP contribution in [0.1, 0.15) is 30.9 Å². The van der Waals surface area contributed by atoms with E-state index in [2.05, 4.69) is 32.5 Å². The molecule has 0 radical (unpaired) electrons. The Morgan fingerprint density at radius 1 is 1.29 bits per heavy atom. The van der Waals surface area contributed by atoms with Gasteiger partial charge >= 0.3 is 0 Å². The van der Waals surface area contributed by atoms with Crippen LogP contribution < -0.4 is 0 Å². The Bertz CT molecular complexity index is 308. The van der Waals surface area contributed by atoms with E-state index in [4.69, 9.17) is 11.6 Å². The highest BCUT2D eigenvalue weighted by Gasteiger charge is 1.93. The Morgan fingerprint density at radius 3 is 2.29 bits per heavy atom. The smallest absolute Gasteiger partial charge is 0.0479 e. The van der Waals surface area contributed by atoms with Crippen molar-refractivity contribution in [3.05, 3.63) is 42.0 Å². The molecule has 0 atom stereocenters. The number of alkyl halides is 1. The van der Waals surface area contributed by atoms with E-state index in [9.17, 15) is 0 Å². The van der Waals surface area contributed by atoms with Crippen molar-refractivity contribution in [2.75, 3.05) is 20.6 Å². The fraction of sp³-hybridized carbons (Fsp3) is 0.467. The Hall–Kier alpha value is -0.790. The molecule has 0 spiro atoms. The molecule has 0 aliphatic carbocycles. The molecule has 2 heteroatoms. The van der Waals surface area contributed by atoms with Gasteiger partial charge in [-0.25, -0.2) is 0 Å². The molecule has 1 aromatic rings. The van der Waals surface area contributed by atoms with Crippen LogP contribution in [0.2, 0.25) is 0 Å². The molecule has 0 saturated heterocycles. The van der Waals surface area contributed by atoms with Crippen LogP contribution in [0, 0.1) is 0 Å². The van der Waals surface area contributed by atoms with Crippen molar-refractivity contribution in [2.45, 2.75) is 25.6 Å². The summed E-state index contributed by atoms with van der Waals surface area (Å²) in [6.07, 6.45) is 4.45. The molecule has 96 valence electrons. The first-order valence-corrected chi connectivity index (χ1v) is 6.60. The van der Waals surface area contributed by atoms with Gasteiger partial charge in [0.25, 0.3) is 0 Å². The molecule has 17 heavy (non-hydrogen) atoms. The Labute approximate surface area is 111 Å². The highest BCUT2D eigenvalue weighted by Crippen LogP contribution is 2.11. The van der Waals surface area contributed by atoms with Gasteiger partial charge in [-0.1, -0.05) is 50.3 Å². The van der Waals surface area contributed by atoms with Gasteiger partial charge in [-0.05, 0) is 38.2 Å². The maximum Gasteiger partial charge on any atom is 0.0479 e. The van der Waals surface area contributed by atoms with Crippen LogP contribution in [0.4, 0.5) is 0 Å². The molecule has 0 bridgehead atoms. The second kappa shape index (κ2) is 10.4. The van der Waals surface area contributed by atoms with Crippen molar-refractivity contribution in [1.29, 1.82) is 0 Å². The molecular weight excluding hydrogens is 230 g/mol. The summed E-state index contributed by atoms with van der Waals surface area (Å²) in [6, 6.07) is 7.96. The van der Waals surface area contributed by atoms with Crippen LogP contribution in [-0.2, 0) is 5.88 Å². The third-order valence-electron chi connectivity index (χ3n) is 2.38. The van der Waals surface area contributed by atoms with Crippen LogP contribution in [-0.4, -0.2) is 25.5 Å². The molecule has 0 unspecified atom stereocenters. The lowest BCUT2D eigenvalue weighted by Crippen LogP contribution is -2.12. The van der Waals surface area contributed by atoms with Crippen molar-refractivity contribution < 1.29 is 0 Å². The molecule has 0 heterocycles. The standard InChI is InChI=1S/C9H9Cl.C6H15N/c1-2-8-5-3-4-6-9(8)7-10;1-4-5-6-7(2)3/h2-6H,1,7H2;4-6H2,1-3H3. The van der Waals surface area contributed by atoms with Gasteiger partial charge in [0, 0.05) is 5.88 Å². The van der Waals surface area contributed by atoms with E-state index in [0.29, 0.717) is 5.88 Å². The predicted octanol–water partition coefficient (Wildman–Crippen LogP) is 4.42. The van der Waals surface area contributed by atoms with E-state index in [1.807, 2.05) is 30.3 Å². The fourth-order valence-corrected chi connectivity index (χ4v) is 1.57. The van der Waals surface area contributed by atoms with Gasteiger partial charge in [-0.3, -0.25) is 0 Å². The largest absolute Gasteiger partial charge is 0.309 e. The van der Waals surface area contributed by atoms with Crippen molar-refractivity contribution in [3.8, 4) is 0 Å². The van der Waals surface area contributed by atoms with E-state index in [0.717, 1.165) is 11.1 Å². The Morgan fingerprint density at radius 2 is 1.94 bits per heavy atom. The summed E-state index contributed by atoms with van der Waals surface area (Å²) in [5.41, 5.74) is 2.26. The molecule has 0 amide bonds. The number of nitrogens with zero attached hydrogens (tertiary/aromatic N) is 1. The summed E-state index contributed by atoms with van der Waals surface area (Å²) in [4.78, 5) is 2.21. The molecule has 0 aromatic heterocycles. The number of halogens is 1. The van der Waals surface area contributed by atoms with Crippen LogP contribution in [0.25, 0.3) is 6.08 Å². The number of rotatable bonds is 5. The summed E-state index contributed by atoms with van der Waals surface area (Å²) >= 11 is 5.66. The quantitative estimate of drug-likeness (QED) is 0.703. The fourth-order valence-electron chi connectivity index (χ4n) is 1.33. The zero-order valence-corrected chi connectivity index (χ0v) is 12.0. The Kier molecular flexibility index (Phi) is 9.89. The highest BCUT2D eigenvalue weighted by atomic mass is 35.5. The maximum absolute atomic E-state index is 5.66. The predicted molar refractivity (Wildman–Crippen MR) is 79.6 cm³/mol. The van der Waals surface area contributed by atoms with Gasteiger partial charge in [0.05, 0.1) is 0 Å². The van der Waals surface area contributed by atoms with Crippen molar-refractivity contribution in [1.82, 2.24) is 4.90 Å². The third-order valence-corrected chi connectivity index (χ3v) is 2.67. The summed E-state index contributed by atoms with van der Waals surface area (Å²) in [5, 5.41) is 0. The third kappa shape index (κ3) is 8.00. The summed E-state index contributed by atoms with van der Waals surface area (Å²) in [5.74, 6) is 0.558. The Balaban J connectivity index is 0.000000325. The van der Waals surface area contributed by atoms with Gasteiger partial charge in [0.1, 0.15) is 0 Å². The minimum absolute atomic E-state index is 0.558.